The number of amides is 1. The smallest absolute Gasteiger partial charge is 0.255 e. The molecule has 1 atom stereocenters. The molecule has 0 fully saturated rings. The Morgan fingerprint density at radius 1 is 1.12 bits per heavy atom. The fourth-order valence-electron chi connectivity index (χ4n) is 4.72. The van der Waals surface area contributed by atoms with Gasteiger partial charge in [0.2, 0.25) is 11.1 Å². The quantitative estimate of drug-likeness (QED) is 0.177. The minimum Gasteiger partial charge on any atom is -0.489 e. The number of carbonyl (C=O) groups excluding carboxylic acids is 1. The number of anilines is 2. The Hall–Kier alpha value is -3.27. The molecule has 0 aliphatic carbocycles. The van der Waals surface area contributed by atoms with Crippen molar-refractivity contribution in [2.24, 2.45) is 0 Å². The third-order valence-corrected chi connectivity index (χ3v) is 8.51. The van der Waals surface area contributed by atoms with Crippen molar-refractivity contribution in [2.75, 3.05) is 16.4 Å². The first-order chi connectivity index (χ1) is 19.7. The first-order valence-electron chi connectivity index (χ1n) is 13.4. The lowest BCUT2D eigenvalue weighted by atomic mass is 9.94. The van der Waals surface area contributed by atoms with Gasteiger partial charge < -0.3 is 15.4 Å². The van der Waals surface area contributed by atoms with Crippen molar-refractivity contribution < 1.29 is 9.53 Å². The van der Waals surface area contributed by atoms with Crippen LogP contribution in [-0.4, -0.2) is 26.4 Å². The van der Waals surface area contributed by atoms with Crippen molar-refractivity contribution in [3.63, 3.8) is 0 Å². The van der Waals surface area contributed by atoms with E-state index in [1.54, 1.807) is 16.4 Å². The lowest BCUT2D eigenvalue weighted by molar-refractivity contribution is -0.113. The topological polar surface area (TPSA) is 81.1 Å². The number of rotatable bonds is 9. The average Bonchev–Trinajstić information content (AvgIpc) is 3.35. The number of nitrogens with zero attached hydrogens (tertiary/aromatic N) is 3. The minimum atomic E-state index is -0.585. The van der Waals surface area contributed by atoms with Crippen LogP contribution in [0.2, 0.25) is 5.02 Å². The van der Waals surface area contributed by atoms with Crippen LogP contribution in [0.25, 0.3) is 0 Å². The van der Waals surface area contributed by atoms with E-state index in [-0.39, 0.29) is 5.91 Å². The van der Waals surface area contributed by atoms with Gasteiger partial charge in [0.25, 0.3) is 5.91 Å². The third-order valence-electron chi connectivity index (χ3n) is 6.72. The predicted molar refractivity (Wildman–Crippen MR) is 170 cm³/mol. The molecule has 7 nitrogen and oxygen atoms in total. The first-order valence-corrected chi connectivity index (χ1v) is 15.5. The summed E-state index contributed by atoms with van der Waals surface area (Å²) in [6.45, 7) is 8.38. The summed E-state index contributed by atoms with van der Waals surface area (Å²) in [7, 11) is 0. The molecule has 4 aromatic rings. The fourth-order valence-corrected chi connectivity index (χ4v) is 5.91. The highest BCUT2D eigenvalue weighted by Crippen LogP contribution is 2.41. The number of hydrogen-bond donors (Lipinski definition) is 2. The SMILES string of the molecule is CCCSc1nc2n(n1)C(c1cc(Br)ccc1OCc1ccc(Cl)cc1)C(C(=O)Nc1ccc(C)cc1C)=C(C)N2. The number of ether oxygens (including phenoxy) is 1. The molecule has 2 heterocycles. The number of hydrogen-bond acceptors (Lipinski definition) is 6. The molecule has 1 aliphatic heterocycles. The van der Waals surface area contributed by atoms with E-state index in [0.717, 1.165) is 44.6 Å². The van der Waals surface area contributed by atoms with Crippen molar-refractivity contribution >= 4 is 56.8 Å². The monoisotopic (exact) mass is 651 g/mol. The largest absolute Gasteiger partial charge is 0.489 e. The molecule has 0 spiro atoms. The van der Waals surface area contributed by atoms with Crippen LogP contribution in [-0.2, 0) is 11.4 Å². The third kappa shape index (κ3) is 6.63. The summed E-state index contributed by atoms with van der Waals surface area (Å²) in [5, 5.41) is 12.6. The number of aromatic nitrogens is 3. The number of aryl methyl sites for hydroxylation is 2. The van der Waals surface area contributed by atoms with Gasteiger partial charge in [-0.15, -0.1) is 5.10 Å². The highest BCUT2D eigenvalue weighted by molar-refractivity contribution is 9.10. The van der Waals surface area contributed by atoms with Gasteiger partial charge >= 0.3 is 0 Å². The standard InChI is InChI=1S/C31H31BrClN5O2S/c1-5-14-41-31-36-30-34-20(4)27(29(39)35-25-12-6-18(2)15-19(25)3)28(38(30)37-31)24-16-22(32)9-13-26(24)40-17-21-7-10-23(33)11-8-21/h6-13,15-16,28H,5,14,17H2,1-4H3,(H,35,39)(H,34,36,37). The number of allylic oxidation sites excluding steroid dienone is 1. The summed E-state index contributed by atoms with van der Waals surface area (Å²) >= 11 is 11.3. The molecule has 1 aliphatic rings. The van der Waals surface area contributed by atoms with Gasteiger partial charge in [-0.2, -0.15) is 4.98 Å². The van der Waals surface area contributed by atoms with Crippen molar-refractivity contribution in [3.05, 3.63) is 104 Å². The maximum atomic E-state index is 14.1. The number of nitrogens with one attached hydrogen (secondary N) is 2. The Bertz CT molecular complexity index is 1620. The molecule has 1 unspecified atom stereocenters. The van der Waals surface area contributed by atoms with E-state index in [4.69, 9.17) is 26.4 Å². The van der Waals surface area contributed by atoms with E-state index in [1.165, 1.54) is 0 Å². The van der Waals surface area contributed by atoms with Crippen LogP contribution < -0.4 is 15.4 Å². The van der Waals surface area contributed by atoms with Gasteiger partial charge in [0, 0.05) is 32.2 Å². The summed E-state index contributed by atoms with van der Waals surface area (Å²) in [5.74, 6) is 1.90. The number of fused-ring (bicyclic) bond motifs is 1. The second kappa shape index (κ2) is 12.7. The van der Waals surface area contributed by atoms with Crippen LogP contribution >= 0.6 is 39.3 Å². The Balaban J connectivity index is 1.58. The second-order valence-corrected chi connectivity index (χ2v) is 12.4. The fraction of sp³-hybridized carbons (Fsp3) is 0.258. The Morgan fingerprint density at radius 3 is 2.63 bits per heavy atom. The molecule has 1 aromatic heterocycles. The number of halogens is 2. The van der Waals surface area contributed by atoms with Crippen LogP contribution in [0, 0.1) is 13.8 Å². The van der Waals surface area contributed by atoms with Gasteiger partial charge in [0.15, 0.2) is 0 Å². The van der Waals surface area contributed by atoms with Crippen LogP contribution in [0.4, 0.5) is 11.6 Å². The van der Waals surface area contributed by atoms with Gasteiger partial charge in [-0.1, -0.05) is 76.0 Å². The summed E-state index contributed by atoms with van der Waals surface area (Å²) < 4.78 is 9.02. The number of benzene rings is 3. The summed E-state index contributed by atoms with van der Waals surface area (Å²) in [6.07, 6.45) is 1.00. The van der Waals surface area contributed by atoms with Crippen LogP contribution in [0.5, 0.6) is 5.75 Å². The lowest BCUT2D eigenvalue weighted by Crippen LogP contribution is -2.32. The summed E-state index contributed by atoms with van der Waals surface area (Å²) in [4.78, 5) is 18.8. The molecule has 3 aromatic carbocycles. The van der Waals surface area contributed by atoms with Gasteiger partial charge in [0.05, 0.1) is 5.57 Å². The number of thioether (sulfide) groups is 1. The van der Waals surface area contributed by atoms with E-state index in [2.05, 4.69) is 39.6 Å². The zero-order valence-corrected chi connectivity index (χ0v) is 26.5. The van der Waals surface area contributed by atoms with Crippen molar-refractivity contribution in [3.8, 4) is 5.75 Å². The van der Waals surface area contributed by atoms with Crippen LogP contribution in [0.1, 0.15) is 48.6 Å². The zero-order valence-electron chi connectivity index (χ0n) is 23.3. The average molecular weight is 653 g/mol. The molecule has 5 rings (SSSR count). The lowest BCUT2D eigenvalue weighted by Gasteiger charge is -2.30. The Labute approximate surface area is 257 Å². The Morgan fingerprint density at radius 2 is 1.90 bits per heavy atom. The maximum Gasteiger partial charge on any atom is 0.255 e. The Kier molecular flexibility index (Phi) is 9.06. The highest BCUT2D eigenvalue weighted by Gasteiger charge is 2.36. The molecular weight excluding hydrogens is 622 g/mol. The van der Waals surface area contributed by atoms with Crippen LogP contribution in [0.15, 0.2) is 81.6 Å². The minimum absolute atomic E-state index is 0.223. The molecule has 1 amide bonds. The van der Waals surface area contributed by atoms with E-state index in [9.17, 15) is 4.79 Å². The van der Waals surface area contributed by atoms with Crippen molar-refractivity contribution in [2.45, 2.75) is 51.9 Å². The van der Waals surface area contributed by atoms with E-state index >= 15 is 0 Å². The normalized spacial score (nSPS) is 14.4. The van der Waals surface area contributed by atoms with E-state index in [0.29, 0.717) is 39.8 Å². The predicted octanol–water partition coefficient (Wildman–Crippen LogP) is 8.32. The summed E-state index contributed by atoms with van der Waals surface area (Å²) in [6, 6.07) is 18.8. The second-order valence-electron chi connectivity index (χ2n) is 9.95. The van der Waals surface area contributed by atoms with Gasteiger partial charge in [-0.05, 0) is 74.7 Å². The number of carbonyl (C=O) groups is 1. The van der Waals surface area contributed by atoms with Gasteiger partial charge in [-0.25, -0.2) is 4.68 Å². The van der Waals surface area contributed by atoms with Crippen LogP contribution in [0.3, 0.4) is 0 Å². The summed E-state index contributed by atoms with van der Waals surface area (Å²) in [5.41, 5.74) is 5.89. The maximum absolute atomic E-state index is 14.1. The first kappa shape index (κ1) is 29.2. The van der Waals surface area contributed by atoms with E-state index in [1.807, 2.05) is 75.4 Å². The molecule has 10 heteroatoms. The van der Waals surface area contributed by atoms with E-state index < -0.39 is 6.04 Å². The highest BCUT2D eigenvalue weighted by atomic mass is 79.9. The molecule has 0 saturated carbocycles. The molecule has 0 radical (unpaired) electrons. The van der Waals surface area contributed by atoms with Crippen molar-refractivity contribution in [1.82, 2.24) is 14.8 Å². The molecular formula is C31H31BrClN5O2S. The molecule has 212 valence electrons. The molecule has 0 bridgehead atoms. The van der Waals surface area contributed by atoms with Crippen molar-refractivity contribution in [1.29, 1.82) is 0 Å². The zero-order chi connectivity index (χ0) is 29.1. The van der Waals surface area contributed by atoms with Gasteiger partial charge in [-0.3, -0.25) is 4.79 Å². The molecule has 0 saturated heterocycles. The molecule has 2 N–H and O–H groups in total. The van der Waals surface area contributed by atoms with Gasteiger partial charge in [0.1, 0.15) is 18.4 Å². The molecule has 41 heavy (non-hydrogen) atoms.